The first-order valence-corrected chi connectivity index (χ1v) is 9.61. The minimum atomic E-state index is -0.00120. The van der Waals surface area contributed by atoms with Gasteiger partial charge < -0.3 is 9.55 Å². The van der Waals surface area contributed by atoms with Crippen LogP contribution in [-0.2, 0) is 13.1 Å². The predicted molar refractivity (Wildman–Crippen MR) is 106 cm³/mol. The third-order valence-corrected chi connectivity index (χ3v) is 6.03. The molecule has 3 aromatic rings. The number of aromatic amines is 1. The van der Waals surface area contributed by atoms with Gasteiger partial charge in [0.15, 0.2) is 0 Å². The first kappa shape index (κ1) is 16.5. The lowest BCUT2D eigenvalue weighted by Crippen LogP contribution is -2.47. The topological polar surface area (TPSA) is 58.1 Å². The van der Waals surface area contributed by atoms with Crippen LogP contribution in [0.25, 0.3) is 10.9 Å². The van der Waals surface area contributed by atoms with E-state index in [1.165, 1.54) is 5.56 Å². The molecule has 0 amide bonds. The van der Waals surface area contributed by atoms with Gasteiger partial charge in [0.2, 0.25) is 0 Å². The number of rotatable bonds is 2. The molecule has 1 N–H and O–H groups in total. The molecule has 2 aliphatic rings. The van der Waals surface area contributed by atoms with Gasteiger partial charge >= 0.3 is 0 Å². The number of benzene rings is 1. The fourth-order valence-corrected chi connectivity index (χ4v) is 4.85. The highest BCUT2D eigenvalue weighted by atomic mass is 16.1. The molecule has 0 spiro atoms. The summed E-state index contributed by atoms with van der Waals surface area (Å²) in [6, 6.07) is 13.7. The fourth-order valence-electron chi connectivity index (χ4n) is 4.85. The number of piperidine rings is 1. The predicted octanol–water partition coefficient (Wildman–Crippen LogP) is 2.62. The zero-order valence-corrected chi connectivity index (χ0v) is 15.4. The Kier molecular flexibility index (Phi) is 3.79. The van der Waals surface area contributed by atoms with E-state index >= 15 is 0 Å². The molecule has 5 rings (SSSR count). The number of hydrogen-bond acceptors (Lipinski definition) is 3. The van der Waals surface area contributed by atoms with Crippen molar-refractivity contribution in [2.24, 2.45) is 5.92 Å². The Hall–Kier alpha value is -2.66. The van der Waals surface area contributed by atoms with Crippen molar-refractivity contribution in [1.29, 1.82) is 0 Å². The fraction of sp³-hybridized carbons (Fsp3) is 0.364. The second kappa shape index (κ2) is 6.20. The van der Waals surface area contributed by atoms with Crippen molar-refractivity contribution < 1.29 is 0 Å². The van der Waals surface area contributed by atoms with E-state index in [2.05, 4.69) is 28.9 Å². The van der Waals surface area contributed by atoms with Crippen LogP contribution < -0.4 is 11.1 Å². The molecule has 138 valence electrons. The Labute approximate surface area is 157 Å². The molecular formula is C22H23N3O2. The van der Waals surface area contributed by atoms with Crippen LogP contribution in [0.15, 0.2) is 52.1 Å². The number of fused-ring (bicyclic) bond motifs is 5. The van der Waals surface area contributed by atoms with Crippen LogP contribution in [0.1, 0.15) is 29.2 Å². The summed E-state index contributed by atoms with van der Waals surface area (Å²) in [6.07, 6.45) is 1.13. The van der Waals surface area contributed by atoms with Crippen molar-refractivity contribution in [3.05, 3.63) is 80.0 Å². The van der Waals surface area contributed by atoms with Crippen molar-refractivity contribution >= 4 is 10.9 Å². The summed E-state index contributed by atoms with van der Waals surface area (Å²) in [5.74, 6) is 0.839. The molecule has 27 heavy (non-hydrogen) atoms. The number of aryl methyl sites for hydroxylation is 1. The number of likely N-dealkylation sites (tertiary alicyclic amines) is 1. The molecule has 2 bridgehead atoms. The van der Waals surface area contributed by atoms with Gasteiger partial charge in [-0.2, -0.15) is 0 Å². The molecule has 5 nitrogen and oxygen atoms in total. The number of nitrogens with one attached hydrogen (secondary N) is 1. The minimum absolute atomic E-state index is 0.00120. The van der Waals surface area contributed by atoms with Gasteiger partial charge in [-0.1, -0.05) is 17.7 Å². The highest BCUT2D eigenvalue weighted by Crippen LogP contribution is 2.35. The molecular weight excluding hydrogens is 338 g/mol. The van der Waals surface area contributed by atoms with Crippen LogP contribution in [0.2, 0.25) is 0 Å². The quantitative estimate of drug-likeness (QED) is 0.763. The molecule has 1 aromatic carbocycles. The summed E-state index contributed by atoms with van der Waals surface area (Å²) >= 11 is 0. The minimum Gasteiger partial charge on any atom is -0.322 e. The summed E-state index contributed by atoms with van der Waals surface area (Å²) in [5.41, 5.74) is 4.15. The lowest BCUT2D eigenvalue weighted by atomic mass is 9.83. The van der Waals surface area contributed by atoms with Gasteiger partial charge in [-0.25, -0.2) is 0 Å². The van der Waals surface area contributed by atoms with E-state index in [0.717, 1.165) is 48.2 Å². The molecule has 5 heteroatoms. The average molecular weight is 361 g/mol. The van der Waals surface area contributed by atoms with Gasteiger partial charge in [-0.3, -0.25) is 14.5 Å². The van der Waals surface area contributed by atoms with E-state index in [1.54, 1.807) is 6.07 Å². The molecule has 2 atom stereocenters. The van der Waals surface area contributed by atoms with Crippen LogP contribution in [0.5, 0.6) is 0 Å². The first-order chi connectivity index (χ1) is 13.1. The molecule has 1 saturated heterocycles. The Morgan fingerprint density at radius 3 is 2.85 bits per heavy atom. The van der Waals surface area contributed by atoms with Crippen molar-refractivity contribution in [2.75, 3.05) is 13.1 Å². The smallest absolute Gasteiger partial charge is 0.252 e. The van der Waals surface area contributed by atoms with Crippen LogP contribution >= 0.6 is 0 Å². The lowest BCUT2D eigenvalue weighted by Gasteiger charge is -2.42. The van der Waals surface area contributed by atoms with Crippen LogP contribution in [0, 0.1) is 12.8 Å². The van der Waals surface area contributed by atoms with Crippen molar-refractivity contribution in [2.45, 2.75) is 32.4 Å². The molecule has 0 aliphatic carbocycles. The van der Waals surface area contributed by atoms with Crippen molar-refractivity contribution in [3.8, 4) is 0 Å². The molecule has 2 aliphatic heterocycles. The molecule has 0 saturated carbocycles. The molecule has 2 aromatic heterocycles. The van der Waals surface area contributed by atoms with E-state index in [9.17, 15) is 9.59 Å². The van der Waals surface area contributed by atoms with E-state index in [4.69, 9.17) is 0 Å². The Bertz CT molecular complexity index is 1140. The maximum Gasteiger partial charge on any atom is 0.252 e. The summed E-state index contributed by atoms with van der Waals surface area (Å²) in [4.78, 5) is 30.1. The molecule has 4 heterocycles. The third-order valence-electron chi connectivity index (χ3n) is 6.03. The standard InChI is InChI=1S/C22H23N3O2/c1-14-5-6-19-16(7-14)9-18(22(27)23-19)13-24-10-15-8-17(12-24)20-3-2-4-21(26)25(20)11-15/h2-7,9,15,17H,8,10-13H2,1H3,(H,23,27)/t15-,17+/m1/s1. The van der Waals surface area contributed by atoms with Crippen LogP contribution in [0.4, 0.5) is 0 Å². The second-order valence-electron chi connectivity index (χ2n) is 8.11. The van der Waals surface area contributed by atoms with Crippen LogP contribution in [-0.4, -0.2) is 27.5 Å². The van der Waals surface area contributed by atoms with E-state index in [-0.39, 0.29) is 11.1 Å². The van der Waals surface area contributed by atoms with E-state index in [0.29, 0.717) is 18.4 Å². The summed E-state index contributed by atoms with van der Waals surface area (Å²) in [5, 5.41) is 1.08. The molecule has 0 unspecified atom stereocenters. The van der Waals surface area contributed by atoms with Gasteiger partial charge in [0, 0.05) is 54.9 Å². The van der Waals surface area contributed by atoms with Crippen LogP contribution in [0.3, 0.4) is 0 Å². The monoisotopic (exact) mass is 361 g/mol. The molecule has 0 radical (unpaired) electrons. The highest BCUT2D eigenvalue weighted by Gasteiger charge is 2.34. The number of pyridine rings is 2. The van der Waals surface area contributed by atoms with Gasteiger partial charge in [0.1, 0.15) is 0 Å². The molecule has 1 fully saturated rings. The lowest BCUT2D eigenvalue weighted by molar-refractivity contribution is 0.114. The largest absolute Gasteiger partial charge is 0.322 e. The van der Waals surface area contributed by atoms with Gasteiger partial charge in [0.25, 0.3) is 11.1 Å². The summed E-state index contributed by atoms with van der Waals surface area (Å²) in [6.45, 7) is 5.34. The maximum atomic E-state index is 12.6. The summed E-state index contributed by atoms with van der Waals surface area (Å²) in [7, 11) is 0. The van der Waals surface area contributed by atoms with Gasteiger partial charge in [-0.05, 0) is 48.9 Å². The van der Waals surface area contributed by atoms with Gasteiger partial charge in [0.05, 0.1) is 0 Å². The SMILES string of the molecule is Cc1ccc2[nH]c(=O)c(CN3C[C@H]4C[C@@H](C3)c3cccc(=O)n3C4)cc2c1. The third kappa shape index (κ3) is 2.92. The first-order valence-electron chi connectivity index (χ1n) is 9.61. The van der Waals surface area contributed by atoms with E-state index in [1.807, 2.05) is 28.8 Å². The zero-order chi connectivity index (χ0) is 18.5. The maximum absolute atomic E-state index is 12.6. The second-order valence-corrected chi connectivity index (χ2v) is 8.11. The van der Waals surface area contributed by atoms with Crippen molar-refractivity contribution in [1.82, 2.24) is 14.5 Å². The Morgan fingerprint density at radius 1 is 1.07 bits per heavy atom. The Balaban J connectivity index is 1.44. The Morgan fingerprint density at radius 2 is 1.96 bits per heavy atom. The average Bonchev–Trinajstić information content (AvgIpc) is 2.64. The number of H-pyrrole nitrogens is 1. The number of hydrogen-bond donors (Lipinski definition) is 1. The number of aromatic nitrogens is 2. The number of nitrogens with zero attached hydrogens (tertiary/aromatic N) is 2. The van der Waals surface area contributed by atoms with E-state index < -0.39 is 0 Å². The zero-order valence-electron chi connectivity index (χ0n) is 15.4. The highest BCUT2D eigenvalue weighted by molar-refractivity contribution is 5.79. The summed E-state index contributed by atoms with van der Waals surface area (Å²) < 4.78 is 1.95. The van der Waals surface area contributed by atoms with Gasteiger partial charge in [-0.15, -0.1) is 0 Å². The normalized spacial score (nSPS) is 22.0. The van der Waals surface area contributed by atoms with Crippen molar-refractivity contribution in [3.63, 3.8) is 0 Å².